The number of rotatable bonds is 2. The number of carbonyl (C=O) groups excluding carboxylic acids is 1. The van der Waals surface area contributed by atoms with E-state index in [1.165, 1.54) is 0 Å². The standard InChI is InChI=1S/C11H19BrN2O/c1-2-13-5-3-10(4-6-13)14-8-9(12)7-11(14)15/h9-10H,2-8H2,1H3. The molecule has 3 nitrogen and oxygen atoms in total. The van der Waals surface area contributed by atoms with Gasteiger partial charge in [0.2, 0.25) is 5.91 Å². The van der Waals surface area contributed by atoms with Crippen LogP contribution in [0.5, 0.6) is 0 Å². The van der Waals surface area contributed by atoms with E-state index >= 15 is 0 Å². The molecule has 0 saturated carbocycles. The highest BCUT2D eigenvalue weighted by Gasteiger charge is 2.34. The van der Waals surface area contributed by atoms with Gasteiger partial charge in [0.15, 0.2) is 0 Å². The van der Waals surface area contributed by atoms with Gasteiger partial charge in [0.1, 0.15) is 0 Å². The molecule has 2 fully saturated rings. The van der Waals surface area contributed by atoms with E-state index in [4.69, 9.17) is 0 Å². The normalized spacial score (nSPS) is 30.1. The predicted molar refractivity (Wildman–Crippen MR) is 64.2 cm³/mol. The van der Waals surface area contributed by atoms with Crippen molar-refractivity contribution in [2.45, 2.75) is 37.1 Å². The second-order valence-electron chi connectivity index (χ2n) is 4.51. The Bertz CT molecular complexity index is 239. The number of carbonyl (C=O) groups is 1. The molecule has 86 valence electrons. The van der Waals surface area contributed by atoms with Crippen LogP contribution in [-0.4, -0.2) is 52.8 Å². The van der Waals surface area contributed by atoms with Gasteiger partial charge in [-0.15, -0.1) is 0 Å². The fourth-order valence-electron chi connectivity index (χ4n) is 2.59. The highest BCUT2D eigenvalue weighted by atomic mass is 79.9. The third-order valence-electron chi connectivity index (χ3n) is 3.56. The number of nitrogens with zero attached hydrogens (tertiary/aromatic N) is 2. The minimum atomic E-state index is 0.340. The van der Waals surface area contributed by atoms with E-state index in [0.29, 0.717) is 23.2 Å². The summed E-state index contributed by atoms with van der Waals surface area (Å²) in [4.78, 5) is 16.7. The van der Waals surface area contributed by atoms with E-state index in [-0.39, 0.29) is 0 Å². The minimum Gasteiger partial charge on any atom is -0.338 e. The fourth-order valence-corrected chi connectivity index (χ4v) is 3.18. The van der Waals surface area contributed by atoms with Crippen molar-refractivity contribution in [2.75, 3.05) is 26.2 Å². The van der Waals surface area contributed by atoms with Gasteiger partial charge in [0, 0.05) is 36.9 Å². The van der Waals surface area contributed by atoms with Gasteiger partial charge >= 0.3 is 0 Å². The van der Waals surface area contributed by atoms with Crippen molar-refractivity contribution >= 4 is 21.8 Å². The second-order valence-corrected chi connectivity index (χ2v) is 5.81. The van der Waals surface area contributed by atoms with Gasteiger partial charge in [-0.25, -0.2) is 0 Å². The lowest BCUT2D eigenvalue weighted by atomic mass is 10.0. The van der Waals surface area contributed by atoms with Crippen LogP contribution in [0.4, 0.5) is 0 Å². The van der Waals surface area contributed by atoms with Gasteiger partial charge in [0.05, 0.1) is 0 Å². The van der Waals surface area contributed by atoms with E-state index in [2.05, 4.69) is 32.7 Å². The van der Waals surface area contributed by atoms with Gasteiger partial charge in [-0.3, -0.25) is 4.79 Å². The van der Waals surface area contributed by atoms with Crippen molar-refractivity contribution < 1.29 is 4.79 Å². The Kier molecular flexibility index (Phi) is 3.67. The van der Waals surface area contributed by atoms with Crippen LogP contribution in [0.25, 0.3) is 0 Å². The first kappa shape index (κ1) is 11.4. The van der Waals surface area contributed by atoms with Gasteiger partial charge in [0.25, 0.3) is 0 Å². The third-order valence-corrected chi connectivity index (χ3v) is 4.17. The van der Waals surface area contributed by atoms with Crippen LogP contribution in [0.1, 0.15) is 26.2 Å². The first-order valence-corrected chi connectivity index (χ1v) is 6.78. The molecule has 2 aliphatic rings. The minimum absolute atomic E-state index is 0.340. The summed E-state index contributed by atoms with van der Waals surface area (Å²) >= 11 is 3.54. The monoisotopic (exact) mass is 274 g/mol. The Morgan fingerprint density at radius 3 is 2.53 bits per heavy atom. The summed E-state index contributed by atoms with van der Waals surface area (Å²) in [6.07, 6.45) is 2.99. The van der Waals surface area contributed by atoms with Crippen LogP contribution < -0.4 is 0 Å². The number of piperidine rings is 1. The average molecular weight is 275 g/mol. The molecular formula is C11H19BrN2O. The largest absolute Gasteiger partial charge is 0.338 e. The molecule has 15 heavy (non-hydrogen) atoms. The number of hydrogen-bond acceptors (Lipinski definition) is 2. The zero-order chi connectivity index (χ0) is 10.8. The smallest absolute Gasteiger partial charge is 0.224 e. The molecule has 2 rings (SSSR count). The SMILES string of the molecule is CCN1CCC(N2CC(Br)CC2=O)CC1. The first-order chi connectivity index (χ1) is 7.20. The van der Waals surface area contributed by atoms with E-state index < -0.39 is 0 Å². The maximum absolute atomic E-state index is 11.7. The molecule has 4 heteroatoms. The molecule has 0 aromatic carbocycles. The third kappa shape index (κ3) is 2.53. The van der Waals surface area contributed by atoms with Crippen LogP contribution in [0, 0.1) is 0 Å². The Balaban J connectivity index is 1.88. The Morgan fingerprint density at radius 1 is 1.40 bits per heavy atom. The summed E-state index contributed by atoms with van der Waals surface area (Å²) in [6.45, 7) is 6.56. The summed E-state index contributed by atoms with van der Waals surface area (Å²) < 4.78 is 0. The molecule has 1 atom stereocenters. The van der Waals surface area contributed by atoms with Crippen LogP contribution in [0.2, 0.25) is 0 Å². The quantitative estimate of drug-likeness (QED) is 0.712. The zero-order valence-electron chi connectivity index (χ0n) is 9.29. The second kappa shape index (κ2) is 4.83. The molecule has 1 unspecified atom stereocenters. The molecular weight excluding hydrogens is 256 g/mol. The van der Waals surface area contributed by atoms with E-state index in [1.807, 2.05) is 0 Å². The Morgan fingerprint density at radius 2 is 2.07 bits per heavy atom. The number of amides is 1. The van der Waals surface area contributed by atoms with Crippen molar-refractivity contribution in [1.29, 1.82) is 0 Å². The number of likely N-dealkylation sites (tertiary alicyclic amines) is 2. The van der Waals surface area contributed by atoms with Gasteiger partial charge in [-0.2, -0.15) is 0 Å². The summed E-state index contributed by atoms with van der Waals surface area (Å²) in [5, 5.41) is 0. The molecule has 2 aliphatic heterocycles. The molecule has 0 N–H and O–H groups in total. The van der Waals surface area contributed by atoms with Crippen molar-refractivity contribution in [2.24, 2.45) is 0 Å². The summed E-state index contributed by atoms with van der Waals surface area (Å²) in [5.41, 5.74) is 0. The maximum Gasteiger partial charge on any atom is 0.224 e. The van der Waals surface area contributed by atoms with Gasteiger partial charge in [-0.05, 0) is 19.4 Å². The molecule has 0 aromatic heterocycles. The Hall–Kier alpha value is -0.0900. The van der Waals surface area contributed by atoms with Crippen LogP contribution in [0.15, 0.2) is 0 Å². The van der Waals surface area contributed by atoms with Crippen LogP contribution in [-0.2, 0) is 4.79 Å². The van der Waals surface area contributed by atoms with E-state index in [9.17, 15) is 4.79 Å². The Labute approximate surface area is 99.9 Å². The van der Waals surface area contributed by atoms with E-state index in [0.717, 1.165) is 39.0 Å². The number of alkyl halides is 1. The summed E-state index contributed by atoms with van der Waals surface area (Å²) in [7, 11) is 0. The number of halogens is 1. The molecule has 0 spiro atoms. The van der Waals surface area contributed by atoms with Crippen molar-refractivity contribution in [1.82, 2.24) is 9.80 Å². The van der Waals surface area contributed by atoms with Crippen molar-refractivity contribution in [3.63, 3.8) is 0 Å². The van der Waals surface area contributed by atoms with E-state index in [1.54, 1.807) is 0 Å². The van der Waals surface area contributed by atoms with Crippen LogP contribution in [0.3, 0.4) is 0 Å². The van der Waals surface area contributed by atoms with Gasteiger partial charge in [-0.1, -0.05) is 22.9 Å². The highest BCUT2D eigenvalue weighted by Crippen LogP contribution is 2.25. The first-order valence-electron chi connectivity index (χ1n) is 5.86. The molecule has 2 heterocycles. The highest BCUT2D eigenvalue weighted by molar-refractivity contribution is 9.09. The molecule has 2 saturated heterocycles. The molecule has 0 aliphatic carbocycles. The lowest BCUT2D eigenvalue weighted by Crippen LogP contribution is -2.45. The lowest BCUT2D eigenvalue weighted by Gasteiger charge is -2.36. The van der Waals surface area contributed by atoms with Crippen molar-refractivity contribution in [3.8, 4) is 0 Å². The van der Waals surface area contributed by atoms with Gasteiger partial charge < -0.3 is 9.80 Å². The fraction of sp³-hybridized carbons (Fsp3) is 0.909. The summed E-state index contributed by atoms with van der Waals surface area (Å²) in [6, 6.07) is 0.503. The zero-order valence-corrected chi connectivity index (χ0v) is 10.9. The van der Waals surface area contributed by atoms with Crippen LogP contribution >= 0.6 is 15.9 Å². The summed E-state index contributed by atoms with van der Waals surface area (Å²) in [5.74, 6) is 0.340. The number of hydrogen-bond donors (Lipinski definition) is 0. The van der Waals surface area contributed by atoms with Crippen molar-refractivity contribution in [3.05, 3.63) is 0 Å². The molecule has 0 radical (unpaired) electrons. The maximum atomic E-state index is 11.7. The molecule has 0 aromatic rings. The molecule has 1 amide bonds. The topological polar surface area (TPSA) is 23.6 Å². The predicted octanol–water partition coefficient (Wildman–Crippen LogP) is 1.47. The average Bonchev–Trinajstić information content (AvgIpc) is 2.58. The molecule has 0 bridgehead atoms. The lowest BCUT2D eigenvalue weighted by molar-refractivity contribution is -0.130.